The number of aromatic nitrogens is 2. The molecular weight excluding hydrogens is 246 g/mol. The Balaban J connectivity index is 1.71. The van der Waals surface area contributed by atoms with Gasteiger partial charge in [-0.1, -0.05) is 20.8 Å². The van der Waals surface area contributed by atoms with Gasteiger partial charge in [0.25, 0.3) is 5.95 Å². The van der Waals surface area contributed by atoms with Crippen molar-refractivity contribution in [2.75, 3.05) is 18.0 Å². The zero-order valence-corrected chi connectivity index (χ0v) is 11.5. The summed E-state index contributed by atoms with van der Waals surface area (Å²) in [6.45, 7) is 7.62. The van der Waals surface area contributed by atoms with Gasteiger partial charge in [-0.25, -0.2) is 0 Å². The number of hydrogen-bond acceptors (Lipinski definition) is 5. The van der Waals surface area contributed by atoms with E-state index in [9.17, 15) is 4.79 Å². The van der Waals surface area contributed by atoms with Crippen molar-refractivity contribution in [3.05, 3.63) is 5.89 Å². The largest absolute Gasteiger partial charge is 0.481 e. The topological polar surface area (TPSA) is 79.5 Å². The van der Waals surface area contributed by atoms with E-state index < -0.39 is 5.97 Å². The van der Waals surface area contributed by atoms with Crippen LogP contribution in [0.25, 0.3) is 0 Å². The normalized spacial score (nSPS) is 30.1. The molecule has 6 heteroatoms. The van der Waals surface area contributed by atoms with Crippen LogP contribution in [0.15, 0.2) is 4.52 Å². The van der Waals surface area contributed by atoms with E-state index in [-0.39, 0.29) is 17.3 Å². The highest BCUT2D eigenvalue weighted by molar-refractivity contribution is 5.74. The standard InChI is InChI=1S/C13H19N3O3/c1-13(2,3)11-14-12(15-19-11)16-5-4-7-8(6-16)9(7)10(17)18/h7-9H,4-6H2,1-3H3,(H,17,18)/t7-,8+,9-/m0/s1. The lowest BCUT2D eigenvalue weighted by Gasteiger charge is -2.24. The summed E-state index contributed by atoms with van der Waals surface area (Å²) >= 11 is 0. The number of rotatable bonds is 2. The molecule has 6 nitrogen and oxygen atoms in total. The molecule has 0 spiro atoms. The van der Waals surface area contributed by atoms with Gasteiger partial charge >= 0.3 is 5.97 Å². The van der Waals surface area contributed by atoms with Crippen LogP contribution < -0.4 is 4.90 Å². The minimum atomic E-state index is -0.666. The van der Waals surface area contributed by atoms with Gasteiger partial charge in [0.2, 0.25) is 5.89 Å². The minimum absolute atomic E-state index is 0.160. The second-order valence-electron chi connectivity index (χ2n) is 6.58. The summed E-state index contributed by atoms with van der Waals surface area (Å²) in [5.74, 6) is 0.986. The first-order valence-corrected chi connectivity index (χ1v) is 6.70. The molecule has 1 aromatic rings. The summed E-state index contributed by atoms with van der Waals surface area (Å²) in [6, 6.07) is 0. The van der Waals surface area contributed by atoms with E-state index in [1.165, 1.54) is 0 Å². The Kier molecular flexibility index (Phi) is 2.59. The number of aliphatic carboxylic acids is 1. The van der Waals surface area contributed by atoms with Gasteiger partial charge in [-0.2, -0.15) is 4.98 Å². The molecule has 2 heterocycles. The number of nitrogens with zero attached hydrogens (tertiary/aromatic N) is 3. The molecule has 0 aromatic carbocycles. The summed E-state index contributed by atoms with van der Waals surface area (Å²) in [6.07, 6.45) is 0.904. The third-order valence-electron chi connectivity index (χ3n) is 4.12. The van der Waals surface area contributed by atoms with Crippen molar-refractivity contribution in [3.63, 3.8) is 0 Å². The molecule has 2 fully saturated rings. The maximum absolute atomic E-state index is 11.0. The van der Waals surface area contributed by atoms with Gasteiger partial charge in [-0.3, -0.25) is 4.79 Å². The van der Waals surface area contributed by atoms with Gasteiger partial charge in [-0.15, -0.1) is 0 Å². The number of fused-ring (bicyclic) bond motifs is 1. The Morgan fingerprint density at radius 2 is 2.16 bits per heavy atom. The smallest absolute Gasteiger partial charge is 0.307 e. The fourth-order valence-electron chi connectivity index (χ4n) is 2.93. The number of hydrogen-bond donors (Lipinski definition) is 1. The van der Waals surface area contributed by atoms with Crippen LogP contribution in [-0.2, 0) is 10.2 Å². The van der Waals surface area contributed by atoms with Crippen molar-refractivity contribution < 1.29 is 14.4 Å². The predicted octanol–water partition coefficient (Wildman–Crippen LogP) is 1.52. The first-order chi connectivity index (χ1) is 8.88. The van der Waals surface area contributed by atoms with E-state index in [2.05, 4.69) is 10.1 Å². The van der Waals surface area contributed by atoms with Crippen molar-refractivity contribution in [3.8, 4) is 0 Å². The van der Waals surface area contributed by atoms with Gasteiger partial charge in [-0.05, 0) is 23.4 Å². The number of carboxylic acid groups (broad SMARTS) is 1. The van der Waals surface area contributed by atoms with Gasteiger partial charge in [0, 0.05) is 18.5 Å². The molecule has 3 atom stereocenters. The van der Waals surface area contributed by atoms with Crippen molar-refractivity contribution >= 4 is 11.9 Å². The molecule has 1 aromatic heterocycles. The minimum Gasteiger partial charge on any atom is -0.481 e. The fraction of sp³-hybridized carbons (Fsp3) is 0.769. The molecule has 1 saturated heterocycles. The molecule has 0 bridgehead atoms. The van der Waals surface area contributed by atoms with Crippen LogP contribution in [0.5, 0.6) is 0 Å². The van der Waals surface area contributed by atoms with Crippen molar-refractivity contribution in [2.45, 2.75) is 32.6 Å². The summed E-state index contributed by atoms with van der Waals surface area (Å²) in [5, 5.41) is 13.1. The third-order valence-corrected chi connectivity index (χ3v) is 4.12. The Morgan fingerprint density at radius 3 is 2.74 bits per heavy atom. The van der Waals surface area contributed by atoms with Crippen LogP contribution in [0, 0.1) is 17.8 Å². The summed E-state index contributed by atoms with van der Waals surface area (Å²) in [4.78, 5) is 17.5. The van der Waals surface area contributed by atoms with Crippen LogP contribution in [0.2, 0.25) is 0 Å². The molecule has 0 unspecified atom stereocenters. The average Bonchev–Trinajstić information content (AvgIpc) is 2.80. The van der Waals surface area contributed by atoms with Crippen molar-refractivity contribution in [2.24, 2.45) is 17.8 Å². The number of piperidine rings is 1. The SMILES string of the molecule is CC(C)(C)c1nc(N2CC[C@H]3[C@@H](C2)[C@H]3C(=O)O)no1. The molecule has 0 radical (unpaired) electrons. The van der Waals surface area contributed by atoms with Gasteiger partial charge in [0.1, 0.15) is 0 Å². The third kappa shape index (κ3) is 2.09. The zero-order valence-electron chi connectivity index (χ0n) is 11.5. The molecule has 2 aliphatic rings. The molecule has 1 saturated carbocycles. The Labute approximate surface area is 111 Å². The van der Waals surface area contributed by atoms with E-state index in [0.717, 1.165) is 19.5 Å². The van der Waals surface area contributed by atoms with Gasteiger partial charge in [0.15, 0.2) is 0 Å². The molecule has 1 N–H and O–H groups in total. The van der Waals surface area contributed by atoms with E-state index in [0.29, 0.717) is 17.8 Å². The number of carbonyl (C=O) groups is 1. The van der Waals surface area contributed by atoms with Crippen molar-refractivity contribution in [1.29, 1.82) is 0 Å². The molecule has 19 heavy (non-hydrogen) atoms. The summed E-state index contributed by atoms with van der Waals surface area (Å²) in [7, 11) is 0. The fourth-order valence-corrected chi connectivity index (χ4v) is 2.93. The molecule has 104 valence electrons. The van der Waals surface area contributed by atoms with Crippen LogP contribution in [-0.4, -0.2) is 34.3 Å². The Hall–Kier alpha value is -1.59. The second kappa shape index (κ2) is 3.95. The lowest BCUT2D eigenvalue weighted by atomic mass is 9.97. The lowest BCUT2D eigenvalue weighted by molar-refractivity contribution is -0.139. The Bertz CT molecular complexity index is 505. The highest BCUT2D eigenvalue weighted by Gasteiger charge is 2.57. The first-order valence-electron chi connectivity index (χ1n) is 6.70. The quantitative estimate of drug-likeness (QED) is 0.873. The molecule has 3 rings (SSSR count). The highest BCUT2D eigenvalue weighted by atomic mass is 16.5. The summed E-state index contributed by atoms with van der Waals surface area (Å²) in [5.41, 5.74) is -0.160. The monoisotopic (exact) mass is 265 g/mol. The molecule has 0 amide bonds. The number of carboxylic acids is 1. The van der Waals surface area contributed by atoms with Crippen LogP contribution in [0.4, 0.5) is 5.95 Å². The van der Waals surface area contributed by atoms with Crippen LogP contribution >= 0.6 is 0 Å². The van der Waals surface area contributed by atoms with Gasteiger partial charge < -0.3 is 14.5 Å². The maximum atomic E-state index is 11.0. The lowest BCUT2D eigenvalue weighted by Crippen LogP contribution is -2.32. The zero-order chi connectivity index (χ0) is 13.8. The molecular formula is C13H19N3O3. The van der Waals surface area contributed by atoms with E-state index in [1.54, 1.807) is 0 Å². The highest BCUT2D eigenvalue weighted by Crippen LogP contribution is 2.52. The van der Waals surface area contributed by atoms with Crippen molar-refractivity contribution in [1.82, 2.24) is 10.1 Å². The number of anilines is 1. The van der Waals surface area contributed by atoms with E-state index in [1.807, 2.05) is 25.7 Å². The molecule has 1 aliphatic carbocycles. The van der Waals surface area contributed by atoms with Gasteiger partial charge in [0.05, 0.1) is 5.92 Å². The maximum Gasteiger partial charge on any atom is 0.307 e. The Morgan fingerprint density at radius 1 is 1.42 bits per heavy atom. The summed E-state index contributed by atoms with van der Waals surface area (Å²) < 4.78 is 5.29. The predicted molar refractivity (Wildman–Crippen MR) is 67.9 cm³/mol. The van der Waals surface area contributed by atoms with Crippen LogP contribution in [0.1, 0.15) is 33.1 Å². The van der Waals surface area contributed by atoms with Crippen LogP contribution in [0.3, 0.4) is 0 Å². The first kappa shape index (κ1) is 12.4. The van der Waals surface area contributed by atoms with E-state index in [4.69, 9.17) is 9.63 Å². The van der Waals surface area contributed by atoms with E-state index >= 15 is 0 Å². The molecule has 1 aliphatic heterocycles. The second-order valence-corrected chi connectivity index (χ2v) is 6.58. The average molecular weight is 265 g/mol.